The fraction of sp³-hybridized carbons (Fsp3) is 0.190. The summed E-state index contributed by atoms with van der Waals surface area (Å²) in [5.74, 6) is -0.423. The van der Waals surface area contributed by atoms with Gasteiger partial charge in [-0.15, -0.1) is 11.3 Å². The molecule has 29 heavy (non-hydrogen) atoms. The number of fused-ring (bicyclic) bond motifs is 3. The number of rotatable bonds is 5. The summed E-state index contributed by atoms with van der Waals surface area (Å²) in [6.07, 6.45) is 3.51. The maximum absolute atomic E-state index is 13.1. The zero-order valence-corrected chi connectivity index (χ0v) is 16.7. The highest BCUT2D eigenvalue weighted by molar-refractivity contribution is 7.25. The Balaban J connectivity index is 1.71. The minimum Gasteiger partial charge on any atom is -0.324 e. The third kappa shape index (κ3) is 3.42. The second-order valence-electron chi connectivity index (χ2n) is 6.64. The van der Waals surface area contributed by atoms with Gasteiger partial charge in [0, 0.05) is 22.8 Å². The zero-order chi connectivity index (χ0) is 20.5. The Morgan fingerprint density at radius 1 is 1.21 bits per heavy atom. The summed E-state index contributed by atoms with van der Waals surface area (Å²) < 4.78 is 1.84. The van der Waals surface area contributed by atoms with Crippen LogP contribution in [-0.2, 0) is 4.79 Å². The molecule has 1 aromatic carbocycles. The minimum atomic E-state index is -0.724. The Bertz CT molecular complexity index is 1310. The molecule has 4 aromatic rings. The highest BCUT2D eigenvalue weighted by Gasteiger charge is 2.22. The highest BCUT2D eigenvalue weighted by Crippen LogP contribution is 2.28. The lowest BCUT2D eigenvalue weighted by atomic mass is 10.1. The van der Waals surface area contributed by atoms with E-state index in [0.29, 0.717) is 27.9 Å². The van der Waals surface area contributed by atoms with Crippen molar-refractivity contribution in [3.05, 3.63) is 64.8 Å². The van der Waals surface area contributed by atoms with Crippen molar-refractivity contribution in [2.45, 2.75) is 26.3 Å². The first-order valence-corrected chi connectivity index (χ1v) is 9.97. The number of hydrogen-bond acceptors (Lipinski definition) is 6. The van der Waals surface area contributed by atoms with Crippen LogP contribution in [0.2, 0.25) is 0 Å². The lowest BCUT2D eigenvalue weighted by molar-refractivity contribution is -0.119. The molecule has 0 bridgehead atoms. The van der Waals surface area contributed by atoms with Gasteiger partial charge in [-0.05, 0) is 37.6 Å². The first-order chi connectivity index (χ1) is 14.0. The number of nitrogens with one attached hydrogen (secondary N) is 1. The molecule has 0 saturated heterocycles. The van der Waals surface area contributed by atoms with E-state index in [2.05, 4.69) is 15.3 Å². The molecule has 3 heterocycles. The van der Waals surface area contributed by atoms with Crippen LogP contribution < -0.4 is 10.9 Å². The monoisotopic (exact) mass is 406 g/mol. The van der Waals surface area contributed by atoms with E-state index in [1.54, 1.807) is 36.5 Å². The van der Waals surface area contributed by atoms with Gasteiger partial charge in [0.05, 0.1) is 11.8 Å². The predicted molar refractivity (Wildman–Crippen MR) is 114 cm³/mol. The van der Waals surface area contributed by atoms with Gasteiger partial charge in [-0.25, -0.2) is 9.97 Å². The van der Waals surface area contributed by atoms with Crippen LogP contribution in [0.5, 0.6) is 0 Å². The average molecular weight is 406 g/mol. The second kappa shape index (κ2) is 7.56. The van der Waals surface area contributed by atoms with Crippen molar-refractivity contribution in [1.29, 1.82) is 0 Å². The quantitative estimate of drug-likeness (QED) is 0.509. The number of carbonyl (C=O) groups is 2. The van der Waals surface area contributed by atoms with E-state index < -0.39 is 6.04 Å². The van der Waals surface area contributed by atoms with Crippen LogP contribution in [0.15, 0.2) is 53.7 Å². The molecule has 1 atom stereocenters. The molecule has 7 nitrogen and oxygen atoms in total. The summed E-state index contributed by atoms with van der Waals surface area (Å²) in [4.78, 5) is 47.0. The van der Waals surface area contributed by atoms with Crippen LogP contribution in [0.3, 0.4) is 0 Å². The summed E-state index contributed by atoms with van der Waals surface area (Å²) in [6, 6.07) is 9.68. The fourth-order valence-electron chi connectivity index (χ4n) is 3.25. The van der Waals surface area contributed by atoms with E-state index in [0.717, 1.165) is 10.2 Å². The molecule has 0 saturated carbocycles. The van der Waals surface area contributed by atoms with Gasteiger partial charge in [-0.2, -0.15) is 0 Å². The Morgan fingerprint density at radius 3 is 2.79 bits per heavy atom. The van der Waals surface area contributed by atoms with E-state index in [1.807, 2.05) is 13.0 Å². The molecule has 0 fully saturated rings. The Labute approximate surface area is 170 Å². The van der Waals surface area contributed by atoms with Gasteiger partial charge in [-0.1, -0.05) is 19.1 Å². The van der Waals surface area contributed by atoms with Crippen LogP contribution >= 0.6 is 11.3 Å². The summed E-state index contributed by atoms with van der Waals surface area (Å²) >= 11 is 1.28. The normalized spacial score (nSPS) is 12.2. The van der Waals surface area contributed by atoms with Crippen molar-refractivity contribution in [3.63, 3.8) is 0 Å². The molecule has 0 aliphatic carbocycles. The second-order valence-corrected chi connectivity index (χ2v) is 7.64. The van der Waals surface area contributed by atoms with Crippen molar-refractivity contribution < 1.29 is 9.59 Å². The molecule has 0 aliphatic heterocycles. The zero-order valence-electron chi connectivity index (χ0n) is 15.9. The van der Waals surface area contributed by atoms with E-state index in [-0.39, 0.29) is 17.2 Å². The van der Waals surface area contributed by atoms with Gasteiger partial charge in [0.2, 0.25) is 5.91 Å². The van der Waals surface area contributed by atoms with E-state index >= 15 is 0 Å². The minimum absolute atomic E-state index is 0.0858. The summed E-state index contributed by atoms with van der Waals surface area (Å²) in [6.45, 7) is 3.30. The van der Waals surface area contributed by atoms with Crippen molar-refractivity contribution in [1.82, 2.24) is 14.5 Å². The number of hydrogen-bond donors (Lipinski definition) is 1. The molecular formula is C21H18N4O3S. The molecule has 146 valence electrons. The van der Waals surface area contributed by atoms with Crippen LogP contribution in [0.1, 0.15) is 36.7 Å². The molecule has 3 aromatic heterocycles. The van der Waals surface area contributed by atoms with Crippen LogP contribution in [0, 0.1) is 0 Å². The third-order valence-electron chi connectivity index (χ3n) is 4.74. The smallest absolute Gasteiger partial charge is 0.272 e. The van der Waals surface area contributed by atoms with Crippen LogP contribution in [-0.4, -0.2) is 26.2 Å². The standard InChI is InChI=1S/C21H18N4O3S/c1-3-16(19(27)24-14-7-4-6-13(10-14)12(2)26)25-11-23-17-15-8-5-9-22-20(15)29-18(17)21(25)28/h4-11,16H,3H2,1-2H3,(H,24,27)/t16-/m1/s1. The van der Waals surface area contributed by atoms with Gasteiger partial charge < -0.3 is 5.32 Å². The van der Waals surface area contributed by atoms with E-state index in [1.165, 1.54) is 29.2 Å². The fourth-order valence-corrected chi connectivity index (χ4v) is 4.29. The molecule has 1 amide bonds. The Hall–Kier alpha value is -3.39. The highest BCUT2D eigenvalue weighted by atomic mass is 32.1. The average Bonchev–Trinajstić information content (AvgIpc) is 3.10. The lowest BCUT2D eigenvalue weighted by Crippen LogP contribution is -2.33. The molecule has 8 heteroatoms. The Morgan fingerprint density at radius 2 is 2.03 bits per heavy atom. The van der Waals surface area contributed by atoms with Gasteiger partial charge in [0.15, 0.2) is 5.78 Å². The lowest BCUT2D eigenvalue weighted by Gasteiger charge is -2.17. The van der Waals surface area contributed by atoms with E-state index in [4.69, 9.17) is 0 Å². The molecule has 0 unspecified atom stereocenters. The number of amides is 1. The topological polar surface area (TPSA) is 93.9 Å². The maximum Gasteiger partial charge on any atom is 0.272 e. The van der Waals surface area contributed by atoms with Gasteiger partial charge >= 0.3 is 0 Å². The van der Waals surface area contributed by atoms with Gasteiger partial charge in [0.1, 0.15) is 15.6 Å². The molecular weight excluding hydrogens is 388 g/mol. The molecule has 1 N–H and O–H groups in total. The number of thiophene rings is 1. The van der Waals surface area contributed by atoms with Crippen LogP contribution in [0.4, 0.5) is 5.69 Å². The number of benzene rings is 1. The summed E-state index contributed by atoms with van der Waals surface area (Å²) in [5, 5.41) is 3.63. The largest absolute Gasteiger partial charge is 0.324 e. The number of Topliss-reactive ketones (excluding diaryl/α,β-unsaturated/α-hetero) is 1. The van der Waals surface area contributed by atoms with Crippen molar-refractivity contribution in [2.24, 2.45) is 0 Å². The molecule has 0 spiro atoms. The van der Waals surface area contributed by atoms with Gasteiger partial charge in [0.25, 0.3) is 5.56 Å². The number of pyridine rings is 1. The summed E-state index contributed by atoms with van der Waals surface area (Å²) in [7, 11) is 0. The number of ketones is 1. The summed E-state index contributed by atoms with van der Waals surface area (Å²) in [5.41, 5.74) is 1.35. The van der Waals surface area contributed by atoms with Crippen molar-refractivity contribution >= 4 is 49.1 Å². The Kier molecular flexibility index (Phi) is 4.94. The SMILES string of the molecule is CC[C@H](C(=O)Nc1cccc(C(C)=O)c1)n1cnc2c(sc3ncccc32)c1=O. The molecule has 4 rings (SSSR count). The van der Waals surface area contributed by atoms with Crippen LogP contribution in [0.25, 0.3) is 20.4 Å². The molecule has 0 radical (unpaired) electrons. The first kappa shape index (κ1) is 18.9. The third-order valence-corrected chi connectivity index (χ3v) is 5.83. The van der Waals surface area contributed by atoms with E-state index in [9.17, 15) is 14.4 Å². The molecule has 0 aliphatic rings. The number of carbonyl (C=O) groups excluding carboxylic acids is 2. The van der Waals surface area contributed by atoms with Crippen molar-refractivity contribution in [2.75, 3.05) is 5.32 Å². The first-order valence-electron chi connectivity index (χ1n) is 9.15. The van der Waals surface area contributed by atoms with Crippen molar-refractivity contribution in [3.8, 4) is 0 Å². The number of nitrogens with zero attached hydrogens (tertiary/aromatic N) is 3. The van der Waals surface area contributed by atoms with Gasteiger partial charge in [-0.3, -0.25) is 19.0 Å². The predicted octanol–water partition coefficient (Wildman–Crippen LogP) is 3.80. The maximum atomic E-state index is 13.1. The number of aromatic nitrogens is 3. The number of anilines is 1.